The fourth-order valence-electron chi connectivity index (χ4n) is 1.42. The standard InChI is InChI=1S/C10H17N5/c1-15(2)6-5-8-12-9(7-3-4-7)14-10(11)13-8/h7H,3-6H2,1-2H3,(H2,11,12,13,14). The Morgan fingerprint density at radius 1 is 1.27 bits per heavy atom. The van der Waals surface area contributed by atoms with E-state index in [1.54, 1.807) is 0 Å². The number of hydrogen-bond donors (Lipinski definition) is 1. The van der Waals surface area contributed by atoms with Gasteiger partial charge in [0.2, 0.25) is 5.95 Å². The SMILES string of the molecule is CN(C)CCc1nc(N)nc(C2CC2)n1. The quantitative estimate of drug-likeness (QED) is 0.775. The Labute approximate surface area is 89.7 Å². The van der Waals surface area contributed by atoms with Gasteiger partial charge in [0.1, 0.15) is 11.6 Å². The van der Waals surface area contributed by atoms with Gasteiger partial charge in [-0.2, -0.15) is 9.97 Å². The van der Waals surface area contributed by atoms with E-state index in [1.165, 1.54) is 12.8 Å². The number of rotatable bonds is 4. The molecule has 1 saturated carbocycles. The lowest BCUT2D eigenvalue weighted by Crippen LogP contribution is -2.17. The molecule has 0 radical (unpaired) electrons. The first-order valence-corrected chi connectivity index (χ1v) is 5.30. The molecule has 1 aliphatic carbocycles. The average molecular weight is 207 g/mol. The molecular weight excluding hydrogens is 190 g/mol. The van der Waals surface area contributed by atoms with E-state index in [2.05, 4.69) is 19.9 Å². The Kier molecular flexibility index (Phi) is 2.81. The van der Waals surface area contributed by atoms with Crippen LogP contribution in [0, 0.1) is 0 Å². The molecular formula is C10H17N5. The van der Waals surface area contributed by atoms with Crippen molar-refractivity contribution >= 4 is 5.95 Å². The van der Waals surface area contributed by atoms with E-state index in [-0.39, 0.29) is 0 Å². The fourth-order valence-corrected chi connectivity index (χ4v) is 1.42. The van der Waals surface area contributed by atoms with Gasteiger partial charge < -0.3 is 10.6 Å². The lowest BCUT2D eigenvalue weighted by Gasteiger charge is -2.08. The van der Waals surface area contributed by atoms with E-state index < -0.39 is 0 Å². The molecule has 2 rings (SSSR count). The molecule has 0 spiro atoms. The smallest absolute Gasteiger partial charge is 0.223 e. The lowest BCUT2D eigenvalue weighted by molar-refractivity contribution is 0.409. The molecule has 2 N–H and O–H groups in total. The van der Waals surface area contributed by atoms with Crippen LogP contribution in [0.25, 0.3) is 0 Å². The molecule has 0 saturated heterocycles. The van der Waals surface area contributed by atoms with E-state index >= 15 is 0 Å². The molecule has 15 heavy (non-hydrogen) atoms. The van der Waals surface area contributed by atoms with Gasteiger partial charge in [0.25, 0.3) is 0 Å². The molecule has 5 nitrogen and oxygen atoms in total. The minimum absolute atomic E-state index is 0.362. The number of aromatic nitrogens is 3. The summed E-state index contributed by atoms with van der Waals surface area (Å²) in [6.07, 6.45) is 3.21. The maximum atomic E-state index is 5.66. The van der Waals surface area contributed by atoms with Gasteiger partial charge in [-0.3, -0.25) is 0 Å². The zero-order valence-corrected chi connectivity index (χ0v) is 9.27. The predicted molar refractivity (Wildman–Crippen MR) is 58.5 cm³/mol. The molecule has 5 heteroatoms. The van der Waals surface area contributed by atoms with Gasteiger partial charge in [0.15, 0.2) is 0 Å². The highest BCUT2D eigenvalue weighted by atomic mass is 15.1. The maximum absolute atomic E-state index is 5.66. The highest BCUT2D eigenvalue weighted by Gasteiger charge is 2.27. The Hall–Kier alpha value is -1.23. The van der Waals surface area contributed by atoms with Crippen LogP contribution in [0.2, 0.25) is 0 Å². The molecule has 82 valence electrons. The van der Waals surface area contributed by atoms with Gasteiger partial charge in [0, 0.05) is 18.9 Å². The molecule has 0 aliphatic heterocycles. The summed E-state index contributed by atoms with van der Waals surface area (Å²) in [5.74, 6) is 2.60. The molecule has 0 atom stereocenters. The van der Waals surface area contributed by atoms with E-state index in [4.69, 9.17) is 5.73 Å². The summed E-state index contributed by atoms with van der Waals surface area (Å²) in [5, 5.41) is 0. The summed E-state index contributed by atoms with van der Waals surface area (Å²) in [7, 11) is 4.07. The number of likely N-dealkylation sites (N-methyl/N-ethyl adjacent to an activating group) is 1. The minimum Gasteiger partial charge on any atom is -0.368 e. The van der Waals surface area contributed by atoms with Gasteiger partial charge in [-0.15, -0.1) is 0 Å². The predicted octanol–water partition coefficient (Wildman–Crippen LogP) is 0.435. The summed E-state index contributed by atoms with van der Waals surface area (Å²) in [6.45, 7) is 0.938. The molecule has 1 aromatic heterocycles. The third-order valence-corrected chi connectivity index (χ3v) is 2.44. The van der Waals surface area contributed by atoms with E-state index in [1.807, 2.05) is 14.1 Å². The summed E-state index contributed by atoms with van der Waals surface area (Å²) >= 11 is 0. The number of nitrogen functional groups attached to an aromatic ring is 1. The van der Waals surface area contributed by atoms with Gasteiger partial charge in [-0.1, -0.05) is 0 Å². The van der Waals surface area contributed by atoms with Gasteiger partial charge in [0.05, 0.1) is 0 Å². The summed E-state index contributed by atoms with van der Waals surface area (Å²) in [5.41, 5.74) is 5.66. The van der Waals surface area contributed by atoms with Crippen LogP contribution in [0.5, 0.6) is 0 Å². The first kappa shape index (κ1) is 10.3. The van der Waals surface area contributed by atoms with Gasteiger partial charge in [-0.05, 0) is 26.9 Å². The Morgan fingerprint density at radius 2 is 2.00 bits per heavy atom. The van der Waals surface area contributed by atoms with Crippen LogP contribution in [0.15, 0.2) is 0 Å². The normalized spacial score (nSPS) is 15.9. The largest absolute Gasteiger partial charge is 0.368 e. The van der Waals surface area contributed by atoms with Crippen molar-refractivity contribution < 1.29 is 0 Å². The number of hydrogen-bond acceptors (Lipinski definition) is 5. The Bertz CT molecular complexity index is 346. The van der Waals surface area contributed by atoms with Crippen LogP contribution < -0.4 is 5.73 Å². The summed E-state index contributed by atoms with van der Waals surface area (Å²) in [4.78, 5) is 14.9. The third-order valence-electron chi connectivity index (χ3n) is 2.44. The molecule has 1 aromatic rings. The van der Waals surface area contributed by atoms with Crippen molar-refractivity contribution in [2.45, 2.75) is 25.2 Å². The topological polar surface area (TPSA) is 67.9 Å². The second-order valence-corrected chi connectivity index (χ2v) is 4.30. The van der Waals surface area contributed by atoms with Crippen LogP contribution >= 0.6 is 0 Å². The summed E-state index contributed by atoms with van der Waals surface area (Å²) < 4.78 is 0. The molecule has 1 aliphatic rings. The highest BCUT2D eigenvalue weighted by Crippen LogP contribution is 2.37. The summed E-state index contributed by atoms with van der Waals surface area (Å²) in [6, 6.07) is 0. The number of anilines is 1. The monoisotopic (exact) mass is 207 g/mol. The molecule has 0 aromatic carbocycles. The Balaban J connectivity index is 2.09. The zero-order valence-electron chi connectivity index (χ0n) is 9.27. The minimum atomic E-state index is 0.362. The first-order chi connectivity index (χ1) is 7.15. The van der Waals surface area contributed by atoms with Crippen molar-refractivity contribution in [2.24, 2.45) is 0 Å². The first-order valence-electron chi connectivity index (χ1n) is 5.30. The van der Waals surface area contributed by atoms with Crippen molar-refractivity contribution in [2.75, 3.05) is 26.4 Å². The average Bonchev–Trinajstić information content (AvgIpc) is 2.97. The van der Waals surface area contributed by atoms with Crippen LogP contribution in [0.4, 0.5) is 5.95 Å². The van der Waals surface area contributed by atoms with Crippen LogP contribution in [0.3, 0.4) is 0 Å². The van der Waals surface area contributed by atoms with E-state index in [9.17, 15) is 0 Å². The van der Waals surface area contributed by atoms with Crippen LogP contribution in [0.1, 0.15) is 30.4 Å². The molecule has 1 fully saturated rings. The number of nitrogens with two attached hydrogens (primary N) is 1. The van der Waals surface area contributed by atoms with Gasteiger partial charge in [-0.25, -0.2) is 4.98 Å². The van der Waals surface area contributed by atoms with Crippen LogP contribution in [-0.4, -0.2) is 40.5 Å². The van der Waals surface area contributed by atoms with Crippen molar-refractivity contribution in [3.63, 3.8) is 0 Å². The number of nitrogens with zero attached hydrogens (tertiary/aromatic N) is 4. The van der Waals surface area contributed by atoms with Crippen LogP contribution in [-0.2, 0) is 6.42 Å². The molecule has 0 unspecified atom stereocenters. The lowest BCUT2D eigenvalue weighted by atomic mass is 10.3. The van der Waals surface area contributed by atoms with Crippen molar-refractivity contribution in [3.8, 4) is 0 Å². The van der Waals surface area contributed by atoms with E-state index in [0.29, 0.717) is 11.9 Å². The molecule has 1 heterocycles. The van der Waals surface area contributed by atoms with Crippen molar-refractivity contribution in [3.05, 3.63) is 11.6 Å². The highest BCUT2D eigenvalue weighted by molar-refractivity contribution is 5.19. The third kappa shape index (κ3) is 2.86. The van der Waals surface area contributed by atoms with E-state index in [0.717, 1.165) is 24.6 Å². The molecule has 0 amide bonds. The van der Waals surface area contributed by atoms with Gasteiger partial charge >= 0.3 is 0 Å². The van der Waals surface area contributed by atoms with Crippen molar-refractivity contribution in [1.29, 1.82) is 0 Å². The zero-order chi connectivity index (χ0) is 10.8. The van der Waals surface area contributed by atoms with Crippen molar-refractivity contribution in [1.82, 2.24) is 19.9 Å². The maximum Gasteiger partial charge on any atom is 0.223 e. The molecule has 0 bridgehead atoms. The second-order valence-electron chi connectivity index (χ2n) is 4.30. The Morgan fingerprint density at radius 3 is 2.60 bits per heavy atom. The fraction of sp³-hybridized carbons (Fsp3) is 0.700. The second kappa shape index (κ2) is 4.10.